The summed E-state index contributed by atoms with van der Waals surface area (Å²) < 4.78 is 34.7. The minimum absolute atomic E-state index is 0. The third kappa shape index (κ3) is 10.1. The molecule has 368 valence electrons. The average Bonchev–Trinajstić information content (AvgIpc) is 3.97. The third-order valence-corrected chi connectivity index (χ3v) is 14.0. The van der Waals surface area contributed by atoms with Gasteiger partial charge in [0.2, 0.25) is 0 Å². The molecule has 0 saturated carbocycles. The van der Waals surface area contributed by atoms with Crippen molar-refractivity contribution in [2.24, 2.45) is 0 Å². The number of ether oxygens (including phenoxy) is 1. The fourth-order valence-corrected chi connectivity index (χ4v) is 10.1. The van der Waals surface area contributed by atoms with E-state index in [0.29, 0.717) is 30.9 Å². The van der Waals surface area contributed by atoms with Crippen LogP contribution in [0.1, 0.15) is 79.9 Å². The molecular weight excluding hydrogens is 1070 g/mol. The van der Waals surface area contributed by atoms with E-state index in [1.165, 1.54) is 11.1 Å². The van der Waals surface area contributed by atoms with Gasteiger partial charge < -0.3 is 19.1 Å². The number of hydrogen-bond donors (Lipinski definition) is 0. The van der Waals surface area contributed by atoms with E-state index < -0.39 is 6.85 Å². The van der Waals surface area contributed by atoms with E-state index in [1.54, 1.807) is 6.07 Å². The first-order valence-corrected chi connectivity index (χ1v) is 25.1. The van der Waals surface area contributed by atoms with Gasteiger partial charge in [-0.05, 0) is 134 Å². The molecule has 0 N–H and O–H groups in total. The summed E-state index contributed by atoms with van der Waals surface area (Å²) in [5.74, 6) is 1.47. The van der Waals surface area contributed by atoms with Crippen molar-refractivity contribution in [3.8, 4) is 44.9 Å². The van der Waals surface area contributed by atoms with E-state index >= 15 is 0 Å². The number of aryl methyl sites for hydroxylation is 1. The van der Waals surface area contributed by atoms with Crippen LogP contribution < -0.4 is 14.5 Å². The van der Waals surface area contributed by atoms with Crippen LogP contribution in [0.15, 0.2) is 188 Å². The normalized spacial score (nSPS) is 13.4. The van der Waals surface area contributed by atoms with Crippen molar-refractivity contribution in [2.45, 2.75) is 78.7 Å². The van der Waals surface area contributed by atoms with E-state index in [1.807, 2.05) is 36.5 Å². The molecule has 2 aromatic heterocycles. The summed E-state index contributed by atoms with van der Waals surface area (Å²) in [5, 5.41) is 2.20. The maximum absolute atomic E-state index is 8.65. The Balaban J connectivity index is 0.00000657. The third-order valence-electron chi connectivity index (χ3n) is 14.0. The maximum Gasteiger partial charge on any atom is 0.135 e. The largest absolute Gasteiger partial charge is 0.517 e. The minimum Gasteiger partial charge on any atom is -0.517 e. The van der Waals surface area contributed by atoms with Crippen LogP contribution >= 0.6 is 0 Å². The zero-order chi connectivity index (χ0) is 52.1. The second-order valence-electron chi connectivity index (χ2n) is 21.0. The second-order valence-corrected chi connectivity index (χ2v) is 21.0. The summed E-state index contributed by atoms with van der Waals surface area (Å²) in [6, 6.07) is 70.4. The molecule has 1 aliphatic rings. The van der Waals surface area contributed by atoms with Gasteiger partial charge >= 0.3 is 0 Å². The Morgan fingerprint density at radius 2 is 1.32 bits per heavy atom. The van der Waals surface area contributed by atoms with E-state index in [9.17, 15) is 0 Å². The smallest absolute Gasteiger partial charge is 0.135 e. The Kier molecular flexibility index (Phi) is 12.7. The first-order chi connectivity index (χ1) is 36.1. The molecule has 0 saturated heterocycles. The van der Waals surface area contributed by atoms with Gasteiger partial charge in [-0.15, -0.1) is 28.8 Å². The Morgan fingerprint density at radius 1 is 0.603 bits per heavy atom. The van der Waals surface area contributed by atoms with Gasteiger partial charge in [0.05, 0.1) is 6.61 Å². The van der Waals surface area contributed by atoms with Crippen LogP contribution in [0.4, 0.5) is 17.1 Å². The zero-order valence-electron chi connectivity index (χ0n) is 45.3. The standard InChI is InChI=1S/C67H61N4O.Pt/c1-46-19-16-26-58(52-38-51(49-23-12-9-13-24-49)39-54(40-52)67(5,6)7)57(46)27-18-36-69-45-70(63-29-15-14-28-62(63)69)55-25-17-20-47(37-55)44-72-56-31-32-59-60-41-50(48-21-10-8-11-22-48)30-33-61(60)71(64(59)43-56)65-42-53(34-35-68-65)66(2,3)4;/h8-17,19-26,28-35,38-42,45H,18,27,36,44H2,1-7H3;/q-3;/i1D3;. The fourth-order valence-electron chi connectivity index (χ4n) is 10.1. The number of hydrogen-bond acceptors (Lipinski definition) is 4. The second kappa shape index (κ2) is 20.4. The summed E-state index contributed by atoms with van der Waals surface area (Å²) in [5.41, 5.74) is 16.0. The van der Waals surface area contributed by atoms with Crippen molar-refractivity contribution >= 4 is 38.9 Å². The topological polar surface area (TPSA) is 33.5 Å². The molecule has 0 bridgehead atoms. The number of fused-ring (bicyclic) bond motifs is 4. The van der Waals surface area contributed by atoms with Crippen LogP contribution in [0.2, 0.25) is 0 Å². The molecule has 0 atom stereocenters. The molecule has 10 aromatic rings. The van der Waals surface area contributed by atoms with E-state index in [2.05, 4.69) is 220 Å². The van der Waals surface area contributed by atoms with Gasteiger partial charge in [-0.25, -0.2) is 4.98 Å². The van der Waals surface area contributed by atoms with Crippen LogP contribution in [0.5, 0.6) is 5.75 Å². The number of benzene rings is 8. The van der Waals surface area contributed by atoms with Gasteiger partial charge in [0.1, 0.15) is 5.82 Å². The number of nitrogens with zero attached hydrogens (tertiary/aromatic N) is 4. The molecule has 11 rings (SSSR count). The number of para-hydroxylation sites is 2. The summed E-state index contributed by atoms with van der Waals surface area (Å²) in [6.45, 7) is 14.2. The van der Waals surface area contributed by atoms with Crippen molar-refractivity contribution in [3.63, 3.8) is 0 Å². The summed E-state index contributed by atoms with van der Waals surface area (Å²) >= 11 is 0. The van der Waals surface area contributed by atoms with E-state index in [4.69, 9.17) is 13.8 Å². The number of anilines is 3. The number of rotatable bonds is 12. The summed E-state index contributed by atoms with van der Waals surface area (Å²) in [6.07, 6.45) is 3.22. The maximum atomic E-state index is 8.65. The van der Waals surface area contributed by atoms with Crippen LogP contribution in [0.25, 0.3) is 61.0 Å². The van der Waals surface area contributed by atoms with Crippen molar-refractivity contribution in [2.75, 3.05) is 16.3 Å². The van der Waals surface area contributed by atoms with Crippen LogP contribution in [-0.4, -0.2) is 16.1 Å². The average molecular weight is 1140 g/mol. The summed E-state index contributed by atoms with van der Waals surface area (Å²) in [7, 11) is 0. The van der Waals surface area contributed by atoms with Gasteiger partial charge in [-0.2, -0.15) is 37.0 Å². The van der Waals surface area contributed by atoms with Crippen LogP contribution in [-0.2, 0) is 44.9 Å². The van der Waals surface area contributed by atoms with Gasteiger partial charge in [-0.3, -0.25) is 0 Å². The molecule has 3 heterocycles. The molecule has 73 heavy (non-hydrogen) atoms. The predicted molar refractivity (Wildman–Crippen MR) is 300 cm³/mol. The minimum atomic E-state index is -2.27. The quantitative estimate of drug-likeness (QED) is 0.114. The number of pyridine rings is 1. The van der Waals surface area contributed by atoms with E-state index in [-0.39, 0.29) is 31.9 Å². The Labute approximate surface area is 450 Å². The predicted octanol–water partition coefficient (Wildman–Crippen LogP) is 17.0. The van der Waals surface area contributed by atoms with Crippen LogP contribution in [0, 0.1) is 25.7 Å². The molecular formula is C67H61N4OPt-3. The SMILES string of the molecule is [2H]C([2H])([2H])c1cccc(-c2cc(-c3ccccc3)cc(C(C)(C)C)c2)c1CCCN1[CH-]N(c2[c-]c(COc3[c-]c4c(cc3)c3cc(-c5ccccc5)ccc3n4-c3cc(C(C)(C)C)ccn3)ccc2)c2ccccc21.[Pt]. The monoisotopic (exact) mass is 1140 g/mol. The first kappa shape index (κ1) is 45.6. The fraction of sp³-hybridized carbons (Fsp3) is 0.194. The van der Waals surface area contributed by atoms with Gasteiger partial charge in [-0.1, -0.05) is 162 Å². The molecule has 0 aliphatic carbocycles. The first-order valence-electron chi connectivity index (χ1n) is 26.6. The number of aromatic nitrogens is 2. The zero-order valence-corrected chi connectivity index (χ0v) is 44.6. The molecule has 1 aliphatic heterocycles. The van der Waals surface area contributed by atoms with Crippen molar-refractivity contribution in [3.05, 3.63) is 235 Å². The Bertz CT molecular complexity index is 3710. The van der Waals surface area contributed by atoms with Crippen LogP contribution in [0.3, 0.4) is 0 Å². The molecule has 0 amide bonds. The molecule has 0 unspecified atom stereocenters. The van der Waals surface area contributed by atoms with Crippen molar-refractivity contribution in [1.82, 2.24) is 9.55 Å². The summed E-state index contributed by atoms with van der Waals surface area (Å²) in [4.78, 5) is 9.37. The van der Waals surface area contributed by atoms with Gasteiger partial charge in [0, 0.05) is 54.0 Å². The van der Waals surface area contributed by atoms with Gasteiger partial charge in [0.15, 0.2) is 0 Å². The molecule has 5 nitrogen and oxygen atoms in total. The Hall–Kier alpha value is -7.20. The van der Waals surface area contributed by atoms with Gasteiger partial charge in [0.25, 0.3) is 0 Å². The van der Waals surface area contributed by atoms with Crippen molar-refractivity contribution in [1.29, 1.82) is 0 Å². The molecule has 0 radical (unpaired) electrons. The Morgan fingerprint density at radius 3 is 2.07 bits per heavy atom. The molecule has 6 heteroatoms. The molecule has 0 fully saturated rings. The van der Waals surface area contributed by atoms with Crippen molar-refractivity contribution < 1.29 is 29.9 Å². The van der Waals surface area contributed by atoms with E-state index in [0.717, 1.165) is 95.6 Å². The molecule has 8 aromatic carbocycles. The molecule has 0 spiro atoms.